The summed E-state index contributed by atoms with van der Waals surface area (Å²) >= 11 is 0. The van der Waals surface area contributed by atoms with Crippen molar-refractivity contribution in [3.05, 3.63) is 101 Å². The number of hydrogen-bond donors (Lipinski definition) is 2. The van der Waals surface area contributed by atoms with Crippen LogP contribution < -0.4 is 10.2 Å². The van der Waals surface area contributed by atoms with Crippen LogP contribution in [0.3, 0.4) is 0 Å². The second kappa shape index (κ2) is 15.7. The van der Waals surface area contributed by atoms with E-state index in [-0.39, 0.29) is 31.8 Å². The van der Waals surface area contributed by atoms with Crippen LogP contribution >= 0.6 is 0 Å². The number of carbonyl (C=O) groups is 3. The molecule has 47 heavy (non-hydrogen) atoms. The van der Waals surface area contributed by atoms with Crippen LogP contribution in [0.1, 0.15) is 79.6 Å². The Labute approximate surface area is 275 Å². The minimum atomic E-state index is -1.00. The van der Waals surface area contributed by atoms with Crippen LogP contribution in [-0.2, 0) is 37.0 Å². The van der Waals surface area contributed by atoms with E-state index in [2.05, 4.69) is 10.2 Å². The van der Waals surface area contributed by atoms with Gasteiger partial charge in [-0.2, -0.15) is 0 Å². The molecule has 10 heteroatoms. The van der Waals surface area contributed by atoms with Gasteiger partial charge >= 0.3 is 6.09 Å². The largest absolute Gasteiger partial charge is 0.445 e. The van der Waals surface area contributed by atoms with E-state index in [4.69, 9.17) is 14.2 Å². The lowest BCUT2D eigenvalue weighted by Gasteiger charge is -2.39. The lowest BCUT2D eigenvalue weighted by molar-refractivity contribution is -0.253. The van der Waals surface area contributed by atoms with Gasteiger partial charge in [-0.1, -0.05) is 86.0 Å². The lowest BCUT2D eigenvalue weighted by Crippen LogP contribution is -2.42. The van der Waals surface area contributed by atoms with Crippen LogP contribution in [0.5, 0.6) is 0 Å². The predicted octanol–water partition coefficient (Wildman–Crippen LogP) is 5.55. The maximum atomic E-state index is 13.2. The first-order chi connectivity index (χ1) is 23.0. The van der Waals surface area contributed by atoms with Gasteiger partial charge in [0.05, 0.1) is 30.9 Å². The number of hydrogen-bond acceptors (Lipinski definition) is 8. The van der Waals surface area contributed by atoms with Crippen LogP contribution in [0.15, 0.2) is 78.9 Å². The minimum absolute atomic E-state index is 0.0152. The number of likely N-dealkylation sites (tertiary alicyclic amines) is 1. The number of alkyl carbamates (subject to hydrolysis) is 1. The predicted molar refractivity (Wildman–Crippen MR) is 175 cm³/mol. The molecule has 3 aromatic carbocycles. The van der Waals surface area contributed by atoms with Crippen molar-refractivity contribution in [2.45, 2.75) is 82.7 Å². The highest BCUT2D eigenvalue weighted by atomic mass is 16.7. The fourth-order valence-corrected chi connectivity index (χ4v) is 6.52. The molecule has 3 aliphatic rings. The van der Waals surface area contributed by atoms with Crippen molar-refractivity contribution in [3.8, 4) is 0 Å². The molecular formula is C37H43N3O7. The monoisotopic (exact) mass is 641 g/mol. The van der Waals surface area contributed by atoms with Crippen molar-refractivity contribution in [2.75, 3.05) is 24.5 Å². The number of carbonyl (C=O) groups excluding carboxylic acids is 3. The number of rotatable bonds is 9. The zero-order chi connectivity index (χ0) is 32.6. The highest BCUT2D eigenvalue weighted by Gasteiger charge is 2.41. The third kappa shape index (κ3) is 8.44. The number of imide groups is 1. The zero-order valence-corrected chi connectivity index (χ0v) is 26.6. The maximum absolute atomic E-state index is 13.2. The van der Waals surface area contributed by atoms with E-state index in [0.29, 0.717) is 12.1 Å². The Morgan fingerprint density at radius 3 is 2.21 bits per heavy atom. The van der Waals surface area contributed by atoms with Gasteiger partial charge in [-0.25, -0.2) is 9.69 Å². The fourth-order valence-electron chi connectivity index (χ4n) is 6.52. The van der Waals surface area contributed by atoms with Gasteiger partial charge in [0.15, 0.2) is 6.29 Å². The van der Waals surface area contributed by atoms with E-state index >= 15 is 0 Å². The van der Waals surface area contributed by atoms with Crippen LogP contribution in [0.2, 0.25) is 0 Å². The standard InChI is InChI=1S/C37H43N3O7/c41-24-26-11-13-28(14-12-26)33-21-31(23-39-19-7-2-1-3-8-20-39)46-36(47-33)29-15-17-30(18-16-29)40-34(42)22-32(35(40)43)38-37(44)45-25-27-9-5-4-6-10-27/h4-6,9-18,31-33,36,41H,1-3,7-8,19-25H2,(H,38,44)/t31-,32?,33+,36+/m0/s1. The minimum Gasteiger partial charge on any atom is -0.445 e. The zero-order valence-electron chi connectivity index (χ0n) is 26.6. The number of anilines is 1. The summed E-state index contributed by atoms with van der Waals surface area (Å²) in [6, 6.07) is 23.1. The molecule has 3 aliphatic heterocycles. The average molecular weight is 642 g/mol. The van der Waals surface area contributed by atoms with E-state index in [1.54, 1.807) is 12.1 Å². The number of benzene rings is 3. The molecule has 3 saturated heterocycles. The van der Waals surface area contributed by atoms with Crippen LogP contribution in [0, 0.1) is 0 Å². The SMILES string of the molecule is O=C(NC1CC(=O)N(c2ccc([C@@H]3O[C@H](CN4CCCCCCC4)C[C@H](c4ccc(CO)cc4)O3)cc2)C1=O)OCc1ccccc1. The molecule has 3 fully saturated rings. The summed E-state index contributed by atoms with van der Waals surface area (Å²) in [6.07, 6.45) is 5.13. The van der Waals surface area contributed by atoms with Gasteiger partial charge in [-0.3, -0.25) is 9.59 Å². The smallest absolute Gasteiger partial charge is 0.408 e. The third-order valence-corrected chi connectivity index (χ3v) is 9.10. The number of aliphatic hydroxyl groups is 1. The number of nitrogens with one attached hydrogen (secondary N) is 1. The molecule has 0 aliphatic carbocycles. The first-order valence-electron chi connectivity index (χ1n) is 16.6. The van der Waals surface area contributed by atoms with E-state index < -0.39 is 30.2 Å². The molecule has 3 heterocycles. The fraction of sp³-hybridized carbons (Fsp3) is 0.432. The van der Waals surface area contributed by atoms with Gasteiger partial charge < -0.3 is 29.5 Å². The van der Waals surface area contributed by atoms with Gasteiger partial charge in [0.1, 0.15) is 12.6 Å². The van der Waals surface area contributed by atoms with E-state index in [1.165, 1.54) is 32.1 Å². The van der Waals surface area contributed by atoms with Crippen LogP contribution in [0.4, 0.5) is 10.5 Å². The Balaban J connectivity index is 1.12. The molecule has 0 radical (unpaired) electrons. The molecule has 0 bridgehead atoms. The molecule has 2 N–H and O–H groups in total. The Morgan fingerprint density at radius 1 is 0.830 bits per heavy atom. The number of amides is 3. The van der Waals surface area contributed by atoms with E-state index in [0.717, 1.165) is 46.8 Å². The second-order valence-electron chi connectivity index (χ2n) is 12.5. The van der Waals surface area contributed by atoms with Gasteiger partial charge in [0, 0.05) is 18.5 Å². The van der Waals surface area contributed by atoms with E-state index in [1.807, 2.05) is 66.7 Å². The summed E-state index contributed by atoms with van der Waals surface area (Å²) in [6.45, 7) is 3.00. The average Bonchev–Trinajstić information content (AvgIpc) is 3.36. The normalized spacial score (nSPS) is 24.1. The van der Waals surface area contributed by atoms with Crippen molar-refractivity contribution >= 4 is 23.6 Å². The highest BCUT2D eigenvalue weighted by molar-refractivity contribution is 6.22. The second-order valence-corrected chi connectivity index (χ2v) is 12.5. The first-order valence-corrected chi connectivity index (χ1v) is 16.6. The van der Waals surface area contributed by atoms with Crippen molar-refractivity contribution < 1.29 is 33.7 Å². The Bertz CT molecular complexity index is 1490. The van der Waals surface area contributed by atoms with E-state index in [9.17, 15) is 19.5 Å². The Morgan fingerprint density at radius 2 is 1.51 bits per heavy atom. The number of aliphatic hydroxyl groups excluding tert-OH is 1. The summed E-state index contributed by atoms with van der Waals surface area (Å²) in [5.41, 5.74) is 3.88. The molecule has 3 amide bonds. The molecule has 248 valence electrons. The molecule has 10 nitrogen and oxygen atoms in total. The molecule has 0 saturated carbocycles. The lowest BCUT2D eigenvalue weighted by atomic mass is 9.99. The summed E-state index contributed by atoms with van der Waals surface area (Å²) in [5, 5.41) is 12.1. The van der Waals surface area contributed by atoms with Gasteiger partial charge in [-0.05, 0) is 54.8 Å². The Hall–Kier alpha value is -4.09. The van der Waals surface area contributed by atoms with Crippen molar-refractivity contribution in [2.24, 2.45) is 0 Å². The molecule has 6 rings (SSSR count). The molecule has 3 aromatic rings. The molecular weight excluding hydrogens is 598 g/mol. The van der Waals surface area contributed by atoms with Crippen molar-refractivity contribution in [1.29, 1.82) is 0 Å². The van der Waals surface area contributed by atoms with Crippen LogP contribution in [-0.4, -0.2) is 59.7 Å². The highest BCUT2D eigenvalue weighted by Crippen LogP contribution is 2.39. The molecule has 1 unspecified atom stereocenters. The molecule has 4 atom stereocenters. The third-order valence-electron chi connectivity index (χ3n) is 9.10. The topological polar surface area (TPSA) is 118 Å². The number of nitrogens with zero attached hydrogens (tertiary/aromatic N) is 2. The summed E-state index contributed by atoms with van der Waals surface area (Å²) in [7, 11) is 0. The summed E-state index contributed by atoms with van der Waals surface area (Å²) < 4.78 is 18.3. The van der Waals surface area contributed by atoms with Gasteiger partial charge in [-0.15, -0.1) is 0 Å². The van der Waals surface area contributed by atoms with Crippen LogP contribution in [0.25, 0.3) is 0 Å². The van der Waals surface area contributed by atoms with Gasteiger partial charge in [0.25, 0.3) is 5.91 Å². The summed E-state index contributed by atoms with van der Waals surface area (Å²) in [4.78, 5) is 42.1. The first kappa shape index (κ1) is 32.8. The molecule has 0 aromatic heterocycles. The summed E-state index contributed by atoms with van der Waals surface area (Å²) in [5.74, 6) is -0.912. The Kier molecular flexibility index (Phi) is 10.9. The van der Waals surface area contributed by atoms with Crippen molar-refractivity contribution in [1.82, 2.24) is 10.2 Å². The van der Waals surface area contributed by atoms with Crippen molar-refractivity contribution in [3.63, 3.8) is 0 Å². The number of ether oxygens (including phenoxy) is 3. The van der Waals surface area contributed by atoms with Gasteiger partial charge in [0.2, 0.25) is 5.91 Å². The maximum Gasteiger partial charge on any atom is 0.408 e. The molecule has 0 spiro atoms. The quantitative estimate of drug-likeness (QED) is 0.292.